The Kier molecular flexibility index (Phi) is 5.50. The van der Waals surface area contributed by atoms with Gasteiger partial charge in [-0.2, -0.15) is 23.1 Å². The van der Waals surface area contributed by atoms with E-state index in [4.69, 9.17) is 0 Å². The van der Waals surface area contributed by atoms with Crippen LogP contribution in [0.5, 0.6) is 0 Å². The number of nitrogens with zero attached hydrogens (tertiary/aromatic N) is 6. The minimum absolute atomic E-state index is 0.112. The lowest BCUT2D eigenvalue weighted by atomic mass is 10.1. The molecule has 0 saturated carbocycles. The van der Waals surface area contributed by atoms with Crippen LogP contribution in [-0.4, -0.2) is 29.5 Å². The molecule has 0 bridgehead atoms. The second-order valence-corrected chi connectivity index (χ2v) is 7.29. The van der Waals surface area contributed by atoms with Crippen LogP contribution in [0, 0.1) is 0 Å². The Morgan fingerprint density at radius 2 is 1.76 bits per heavy atom. The summed E-state index contributed by atoms with van der Waals surface area (Å²) in [5, 5.41) is 6.14. The minimum atomic E-state index is -4.42. The Balaban J connectivity index is 1.53. The Hall–Kier alpha value is -4.54. The van der Waals surface area contributed by atoms with Crippen LogP contribution in [-0.2, 0) is 12.7 Å². The van der Waals surface area contributed by atoms with Gasteiger partial charge >= 0.3 is 6.18 Å². The fourth-order valence-electron chi connectivity index (χ4n) is 3.38. The fraction of sp³-hybridized carbons (Fsp3) is 0.0870. The molecule has 0 amide bonds. The molecule has 5 aromatic rings. The number of alkyl halides is 3. The van der Waals surface area contributed by atoms with Gasteiger partial charge < -0.3 is 10.6 Å². The summed E-state index contributed by atoms with van der Waals surface area (Å²) in [6, 6.07) is 16.3. The zero-order chi connectivity index (χ0) is 23.5. The molecule has 0 aliphatic carbocycles. The van der Waals surface area contributed by atoms with E-state index in [1.54, 1.807) is 29.2 Å². The van der Waals surface area contributed by atoms with E-state index >= 15 is 0 Å². The number of aromatic nitrogens is 6. The average molecular weight is 462 g/mol. The highest BCUT2D eigenvalue weighted by Crippen LogP contribution is 2.30. The number of anilines is 3. The molecule has 3 aromatic heterocycles. The second kappa shape index (κ2) is 8.77. The summed E-state index contributed by atoms with van der Waals surface area (Å²) in [5.41, 5.74) is 1.59. The first-order valence-electron chi connectivity index (χ1n) is 10.2. The van der Waals surface area contributed by atoms with Crippen LogP contribution in [0.25, 0.3) is 16.9 Å². The standard InChI is InChI=1S/C23H17F3N8/c24-23(25,26)16-6-4-5-15(11-16)12-28-20-19-21(34(14-30-19)17-7-2-1-3-8-17)33-22(32-20)31-18-9-10-27-13-29-18/h1-11,13-14H,12H2,(H2,27,28,29,31,32,33). The summed E-state index contributed by atoms with van der Waals surface area (Å²) >= 11 is 0. The molecule has 8 nitrogen and oxygen atoms in total. The van der Waals surface area contributed by atoms with E-state index in [-0.39, 0.29) is 12.5 Å². The van der Waals surface area contributed by atoms with E-state index in [9.17, 15) is 13.2 Å². The van der Waals surface area contributed by atoms with Crippen molar-refractivity contribution in [1.82, 2.24) is 29.5 Å². The number of nitrogens with one attached hydrogen (secondary N) is 2. The van der Waals surface area contributed by atoms with E-state index < -0.39 is 11.7 Å². The lowest BCUT2D eigenvalue weighted by Crippen LogP contribution is -2.09. The predicted molar refractivity (Wildman–Crippen MR) is 121 cm³/mol. The van der Waals surface area contributed by atoms with Gasteiger partial charge in [-0.1, -0.05) is 30.3 Å². The number of imidazole rings is 1. The van der Waals surface area contributed by atoms with Crippen LogP contribution in [0.2, 0.25) is 0 Å². The zero-order valence-electron chi connectivity index (χ0n) is 17.5. The molecule has 0 radical (unpaired) electrons. The maximum atomic E-state index is 13.1. The highest BCUT2D eigenvalue weighted by atomic mass is 19.4. The third-order valence-electron chi connectivity index (χ3n) is 4.97. The lowest BCUT2D eigenvalue weighted by Gasteiger charge is -2.12. The van der Waals surface area contributed by atoms with Gasteiger partial charge in [-0.15, -0.1) is 0 Å². The minimum Gasteiger partial charge on any atom is -0.364 e. The summed E-state index contributed by atoms with van der Waals surface area (Å²) in [5.74, 6) is 1.10. The molecule has 0 aliphatic rings. The van der Waals surface area contributed by atoms with Crippen molar-refractivity contribution in [2.75, 3.05) is 10.6 Å². The van der Waals surface area contributed by atoms with Crippen LogP contribution in [0.1, 0.15) is 11.1 Å². The Morgan fingerprint density at radius 3 is 2.53 bits per heavy atom. The molecular formula is C23H17F3N8. The van der Waals surface area contributed by atoms with E-state index in [0.29, 0.717) is 28.4 Å². The lowest BCUT2D eigenvalue weighted by molar-refractivity contribution is -0.137. The van der Waals surface area contributed by atoms with Crippen LogP contribution in [0.4, 0.5) is 30.8 Å². The highest BCUT2D eigenvalue weighted by molar-refractivity contribution is 5.85. The van der Waals surface area contributed by atoms with Crippen molar-refractivity contribution < 1.29 is 13.2 Å². The van der Waals surface area contributed by atoms with Crippen LogP contribution in [0.15, 0.2) is 79.5 Å². The van der Waals surface area contributed by atoms with Gasteiger partial charge in [-0.25, -0.2) is 15.0 Å². The summed E-state index contributed by atoms with van der Waals surface area (Å²) in [7, 11) is 0. The molecule has 3 heterocycles. The second-order valence-electron chi connectivity index (χ2n) is 7.29. The Labute approximate surface area is 191 Å². The quantitative estimate of drug-likeness (QED) is 0.368. The van der Waals surface area contributed by atoms with E-state index in [1.807, 2.05) is 30.3 Å². The molecule has 2 N–H and O–H groups in total. The first-order chi connectivity index (χ1) is 16.5. The highest BCUT2D eigenvalue weighted by Gasteiger charge is 2.30. The summed E-state index contributed by atoms with van der Waals surface area (Å²) < 4.78 is 41.1. The Morgan fingerprint density at radius 1 is 0.912 bits per heavy atom. The van der Waals surface area contributed by atoms with Crippen molar-refractivity contribution in [2.24, 2.45) is 0 Å². The van der Waals surface area contributed by atoms with Gasteiger partial charge in [-0.05, 0) is 35.9 Å². The van der Waals surface area contributed by atoms with Gasteiger partial charge in [0.15, 0.2) is 17.0 Å². The molecular weight excluding hydrogens is 445 g/mol. The molecule has 0 atom stereocenters. The van der Waals surface area contributed by atoms with Crippen LogP contribution in [0.3, 0.4) is 0 Å². The van der Waals surface area contributed by atoms with Gasteiger partial charge in [0.25, 0.3) is 0 Å². The third kappa shape index (κ3) is 4.49. The van der Waals surface area contributed by atoms with Crippen molar-refractivity contribution in [3.05, 3.63) is 90.6 Å². The number of rotatable bonds is 6. The van der Waals surface area contributed by atoms with Gasteiger partial charge in [0.05, 0.1) is 5.56 Å². The molecule has 0 fully saturated rings. The van der Waals surface area contributed by atoms with Crippen molar-refractivity contribution >= 4 is 28.7 Å². The maximum absolute atomic E-state index is 13.1. The number of para-hydroxylation sites is 1. The van der Waals surface area contributed by atoms with E-state index in [2.05, 4.69) is 35.6 Å². The molecule has 0 aliphatic heterocycles. The van der Waals surface area contributed by atoms with Crippen molar-refractivity contribution in [3.8, 4) is 5.69 Å². The van der Waals surface area contributed by atoms with Gasteiger partial charge in [0.1, 0.15) is 18.5 Å². The van der Waals surface area contributed by atoms with Crippen LogP contribution >= 0.6 is 0 Å². The zero-order valence-corrected chi connectivity index (χ0v) is 17.5. The topological polar surface area (TPSA) is 93.4 Å². The van der Waals surface area contributed by atoms with Crippen molar-refractivity contribution in [3.63, 3.8) is 0 Å². The number of hydrogen-bond donors (Lipinski definition) is 2. The number of hydrogen-bond acceptors (Lipinski definition) is 7. The molecule has 0 saturated heterocycles. The van der Waals surface area contributed by atoms with Gasteiger partial charge in [0, 0.05) is 18.4 Å². The molecule has 2 aromatic carbocycles. The molecule has 11 heteroatoms. The van der Waals surface area contributed by atoms with E-state index in [0.717, 1.165) is 17.8 Å². The number of fused-ring (bicyclic) bond motifs is 1. The summed E-state index contributed by atoms with van der Waals surface area (Å²) in [6.07, 6.45) is 0.177. The monoisotopic (exact) mass is 462 g/mol. The Bertz CT molecular complexity index is 1420. The number of benzene rings is 2. The first-order valence-corrected chi connectivity index (χ1v) is 10.2. The largest absolute Gasteiger partial charge is 0.416 e. The fourth-order valence-corrected chi connectivity index (χ4v) is 3.38. The average Bonchev–Trinajstić information content (AvgIpc) is 3.27. The summed E-state index contributed by atoms with van der Waals surface area (Å²) in [4.78, 5) is 21.6. The molecule has 5 rings (SSSR count). The normalized spacial score (nSPS) is 11.5. The summed E-state index contributed by atoms with van der Waals surface area (Å²) in [6.45, 7) is 0.112. The van der Waals surface area contributed by atoms with Gasteiger partial charge in [0.2, 0.25) is 5.95 Å². The molecule has 0 unspecified atom stereocenters. The maximum Gasteiger partial charge on any atom is 0.416 e. The van der Waals surface area contributed by atoms with Crippen LogP contribution < -0.4 is 10.6 Å². The molecule has 34 heavy (non-hydrogen) atoms. The van der Waals surface area contributed by atoms with Crippen molar-refractivity contribution in [2.45, 2.75) is 12.7 Å². The first kappa shape index (κ1) is 21.3. The molecule has 170 valence electrons. The molecule has 0 spiro atoms. The smallest absolute Gasteiger partial charge is 0.364 e. The van der Waals surface area contributed by atoms with Gasteiger partial charge in [-0.3, -0.25) is 4.57 Å². The predicted octanol–water partition coefficient (Wildman–Crippen LogP) is 4.98. The van der Waals surface area contributed by atoms with Crippen molar-refractivity contribution in [1.29, 1.82) is 0 Å². The van der Waals surface area contributed by atoms with E-state index in [1.165, 1.54) is 12.4 Å². The third-order valence-corrected chi connectivity index (χ3v) is 4.97. The SMILES string of the molecule is FC(F)(F)c1cccc(CNc2nc(Nc3ccncn3)nc3c2ncn3-c2ccccc2)c1. The number of halogens is 3.